The first-order valence-corrected chi connectivity index (χ1v) is 5.96. The predicted octanol–water partition coefficient (Wildman–Crippen LogP) is 4.04. The molecule has 0 radical (unpaired) electrons. The van der Waals surface area contributed by atoms with Crippen molar-refractivity contribution in [2.24, 2.45) is 0 Å². The van der Waals surface area contributed by atoms with Crippen molar-refractivity contribution in [1.29, 1.82) is 0 Å². The number of fused-ring (bicyclic) bond motifs is 2. The summed E-state index contributed by atoms with van der Waals surface area (Å²) < 4.78 is 0. The third-order valence-corrected chi connectivity index (χ3v) is 2.98. The van der Waals surface area contributed by atoms with Crippen LogP contribution in [0.5, 0.6) is 0 Å². The van der Waals surface area contributed by atoms with Gasteiger partial charge in [0.25, 0.3) is 0 Å². The lowest BCUT2D eigenvalue weighted by molar-refractivity contribution is 1.13. The standard InChI is InChI=1S/C10H10.C7H6/c1-3-9-7-5-6-8-10(9)4-2;1-2-7-4-3-6(1)5-7/h1,5-8H,4H2,2H3;1-4H,5H2. The highest BCUT2D eigenvalue weighted by Gasteiger charge is 2.07. The second-order valence-electron chi connectivity index (χ2n) is 4.15. The van der Waals surface area contributed by atoms with Gasteiger partial charge < -0.3 is 0 Å². The highest BCUT2D eigenvalue weighted by atomic mass is 14.1. The lowest BCUT2D eigenvalue weighted by Gasteiger charge is -1.97. The Labute approximate surface area is 103 Å². The van der Waals surface area contributed by atoms with Gasteiger partial charge in [-0.3, -0.25) is 0 Å². The molecule has 0 amide bonds. The normalized spacial score (nSPS) is 14.6. The Morgan fingerprint density at radius 1 is 1.12 bits per heavy atom. The number of benzene rings is 1. The Balaban J connectivity index is 0.000000134. The van der Waals surface area contributed by atoms with Crippen molar-refractivity contribution in [3.05, 3.63) is 70.8 Å². The molecule has 0 saturated heterocycles. The van der Waals surface area contributed by atoms with Gasteiger partial charge in [-0.05, 0) is 35.6 Å². The first-order valence-electron chi connectivity index (χ1n) is 5.96. The van der Waals surface area contributed by atoms with E-state index in [0.717, 1.165) is 12.0 Å². The summed E-state index contributed by atoms with van der Waals surface area (Å²) in [6.45, 7) is 2.11. The minimum absolute atomic E-state index is 1.01. The van der Waals surface area contributed by atoms with Crippen LogP contribution in [0.15, 0.2) is 59.7 Å². The zero-order valence-electron chi connectivity index (χ0n) is 10.1. The van der Waals surface area contributed by atoms with Crippen LogP contribution < -0.4 is 0 Å². The first kappa shape index (κ1) is 11.5. The predicted molar refractivity (Wildman–Crippen MR) is 73.7 cm³/mol. The van der Waals surface area contributed by atoms with Crippen LogP contribution in [0, 0.1) is 12.3 Å². The molecule has 2 aliphatic carbocycles. The molecule has 0 saturated carbocycles. The molecule has 1 aromatic carbocycles. The molecular weight excluding hydrogens is 204 g/mol. The molecule has 1 aromatic rings. The van der Waals surface area contributed by atoms with Gasteiger partial charge >= 0.3 is 0 Å². The van der Waals surface area contributed by atoms with Crippen LogP contribution in [0.3, 0.4) is 0 Å². The van der Waals surface area contributed by atoms with Crippen molar-refractivity contribution in [3.63, 3.8) is 0 Å². The van der Waals surface area contributed by atoms with Crippen LogP contribution in [0.2, 0.25) is 0 Å². The summed E-state index contributed by atoms with van der Waals surface area (Å²) in [5.74, 6) is 2.65. The summed E-state index contributed by atoms with van der Waals surface area (Å²) >= 11 is 0. The second kappa shape index (κ2) is 5.37. The van der Waals surface area contributed by atoms with Crippen LogP contribution in [0.25, 0.3) is 0 Å². The number of hydrogen-bond donors (Lipinski definition) is 0. The molecule has 2 bridgehead atoms. The Bertz CT molecular complexity index is 513. The van der Waals surface area contributed by atoms with Gasteiger partial charge in [0.2, 0.25) is 0 Å². The van der Waals surface area contributed by atoms with E-state index < -0.39 is 0 Å². The van der Waals surface area contributed by atoms with Crippen molar-refractivity contribution >= 4 is 0 Å². The summed E-state index contributed by atoms with van der Waals surface area (Å²) in [5.41, 5.74) is 5.21. The highest BCUT2D eigenvalue weighted by Crippen LogP contribution is 2.27. The van der Waals surface area contributed by atoms with Crippen LogP contribution in [-0.2, 0) is 6.42 Å². The van der Waals surface area contributed by atoms with Crippen LogP contribution in [0.4, 0.5) is 0 Å². The molecule has 0 N–H and O–H groups in total. The van der Waals surface area contributed by atoms with Crippen molar-refractivity contribution in [1.82, 2.24) is 0 Å². The average molecular weight is 220 g/mol. The zero-order chi connectivity index (χ0) is 12.1. The van der Waals surface area contributed by atoms with Gasteiger partial charge in [0.1, 0.15) is 0 Å². The van der Waals surface area contributed by atoms with Gasteiger partial charge in [-0.2, -0.15) is 0 Å². The molecule has 0 spiro atoms. The average Bonchev–Trinajstić information content (AvgIpc) is 3.04. The minimum atomic E-state index is 1.01. The summed E-state index contributed by atoms with van der Waals surface area (Å²) in [6.07, 6.45) is 16.2. The zero-order valence-corrected chi connectivity index (χ0v) is 10.1. The Kier molecular flexibility index (Phi) is 3.62. The number of allylic oxidation sites excluding steroid dienone is 6. The van der Waals surface area contributed by atoms with Gasteiger partial charge in [0.05, 0.1) is 0 Å². The molecular formula is C17H16. The van der Waals surface area contributed by atoms with Crippen LogP contribution >= 0.6 is 0 Å². The molecule has 0 aromatic heterocycles. The van der Waals surface area contributed by atoms with E-state index in [1.165, 1.54) is 23.1 Å². The molecule has 2 aliphatic rings. The molecule has 0 heteroatoms. The molecule has 3 rings (SSSR count). The highest BCUT2D eigenvalue weighted by molar-refractivity contribution is 5.49. The van der Waals surface area contributed by atoms with Gasteiger partial charge in [0.15, 0.2) is 0 Å². The fraction of sp³-hybridized carbons (Fsp3) is 0.176. The fourth-order valence-electron chi connectivity index (χ4n) is 1.98. The maximum absolute atomic E-state index is 5.28. The van der Waals surface area contributed by atoms with Crippen molar-refractivity contribution < 1.29 is 0 Å². The maximum Gasteiger partial charge on any atom is 0.0274 e. The maximum atomic E-state index is 5.28. The summed E-state index contributed by atoms with van der Waals surface area (Å²) in [6, 6.07) is 8.02. The van der Waals surface area contributed by atoms with E-state index in [2.05, 4.69) is 43.2 Å². The summed E-state index contributed by atoms with van der Waals surface area (Å²) in [5, 5.41) is 0. The Morgan fingerprint density at radius 2 is 1.76 bits per heavy atom. The minimum Gasteiger partial charge on any atom is -0.115 e. The molecule has 0 unspecified atom stereocenters. The number of terminal acetylenes is 1. The first-order chi connectivity index (χ1) is 8.33. The molecule has 0 atom stereocenters. The largest absolute Gasteiger partial charge is 0.115 e. The number of rotatable bonds is 1. The number of hydrogen-bond acceptors (Lipinski definition) is 0. The second-order valence-corrected chi connectivity index (χ2v) is 4.15. The Morgan fingerprint density at radius 3 is 2.12 bits per heavy atom. The molecule has 0 aliphatic heterocycles. The topological polar surface area (TPSA) is 0 Å². The van der Waals surface area contributed by atoms with E-state index >= 15 is 0 Å². The lowest BCUT2D eigenvalue weighted by atomic mass is 10.1. The molecule has 17 heavy (non-hydrogen) atoms. The van der Waals surface area contributed by atoms with E-state index in [-0.39, 0.29) is 0 Å². The van der Waals surface area contributed by atoms with E-state index in [0.29, 0.717) is 0 Å². The van der Waals surface area contributed by atoms with E-state index in [9.17, 15) is 0 Å². The Hall–Kier alpha value is -2.00. The van der Waals surface area contributed by atoms with E-state index in [1.54, 1.807) is 0 Å². The third kappa shape index (κ3) is 2.77. The SMILES string of the molecule is C#Cc1ccccc1CC.C1=CC2=CC=C1C2. The summed E-state index contributed by atoms with van der Waals surface area (Å²) in [4.78, 5) is 0. The van der Waals surface area contributed by atoms with E-state index in [1.807, 2.05) is 18.2 Å². The third-order valence-electron chi connectivity index (χ3n) is 2.98. The van der Waals surface area contributed by atoms with Crippen LogP contribution in [0.1, 0.15) is 24.5 Å². The molecule has 84 valence electrons. The molecule has 0 nitrogen and oxygen atoms in total. The van der Waals surface area contributed by atoms with E-state index in [4.69, 9.17) is 6.42 Å². The quantitative estimate of drug-likeness (QED) is 0.626. The number of aryl methyl sites for hydroxylation is 1. The fourth-order valence-corrected chi connectivity index (χ4v) is 1.98. The van der Waals surface area contributed by atoms with Gasteiger partial charge in [-0.1, -0.05) is 55.3 Å². The lowest BCUT2D eigenvalue weighted by Crippen LogP contribution is -1.84. The van der Waals surface area contributed by atoms with Gasteiger partial charge in [-0.25, -0.2) is 0 Å². The van der Waals surface area contributed by atoms with Crippen molar-refractivity contribution in [2.75, 3.05) is 0 Å². The molecule has 0 heterocycles. The van der Waals surface area contributed by atoms with Crippen molar-refractivity contribution in [3.8, 4) is 12.3 Å². The smallest absolute Gasteiger partial charge is 0.0274 e. The summed E-state index contributed by atoms with van der Waals surface area (Å²) in [7, 11) is 0. The van der Waals surface area contributed by atoms with Crippen LogP contribution in [-0.4, -0.2) is 0 Å². The molecule has 0 fully saturated rings. The van der Waals surface area contributed by atoms with Gasteiger partial charge in [-0.15, -0.1) is 6.42 Å². The van der Waals surface area contributed by atoms with Gasteiger partial charge in [0, 0.05) is 5.56 Å². The monoisotopic (exact) mass is 220 g/mol. The van der Waals surface area contributed by atoms with Crippen molar-refractivity contribution in [2.45, 2.75) is 19.8 Å².